The van der Waals surface area contributed by atoms with Gasteiger partial charge in [0.1, 0.15) is 6.54 Å². The number of nitrogens with zero attached hydrogens (tertiary/aromatic N) is 2. The van der Waals surface area contributed by atoms with Crippen molar-refractivity contribution in [3.63, 3.8) is 0 Å². The number of benzene rings is 2. The van der Waals surface area contributed by atoms with Crippen molar-refractivity contribution in [3.8, 4) is 0 Å². The first-order valence-corrected chi connectivity index (χ1v) is 8.33. The van der Waals surface area contributed by atoms with Crippen LogP contribution in [0.2, 0.25) is 0 Å². The topological polar surface area (TPSA) is 119 Å². The van der Waals surface area contributed by atoms with E-state index < -0.39 is 30.0 Å². The number of amides is 2. The highest BCUT2D eigenvalue weighted by Gasteiger charge is 2.15. The van der Waals surface area contributed by atoms with Gasteiger partial charge in [-0.15, -0.1) is 0 Å². The molecule has 2 aromatic rings. The van der Waals surface area contributed by atoms with Gasteiger partial charge in [-0.3, -0.25) is 24.5 Å². The lowest BCUT2D eigenvalue weighted by atomic mass is 10.2. The molecule has 0 saturated carbocycles. The van der Waals surface area contributed by atoms with Crippen LogP contribution in [0.5, 0.6) is 0 Å². The molecular weight excluding hydrogens is 366 g/mol. The first-order chi connectivity index (χ1) is 13.4. The second-order valence-corrected chi connectivity index (χ2v) is 5.89. The Kier molecular flexibility index (Phi) is 7.21. The van der Waals surface area contributed by atoms with Gasteiger partial charge >= 0.3 is 5.97 Å². The van der Waals surface area contributed by atoms with E-state index in [1.165, 1.54) is 23.1 Å². The van der Waals surface area contributed by atoms with Gasteiger partial charge in [-0.1, -0.05) is 36.4 Å². The van der Waals surface area contributed by atoms with Crippen molar-refractivity contribution in [2.75, 3.05) is 20.2 Å². The predicted molar refractivity (Wildman–Crippen MR) is 99.3 cm³/mol. The maximum atomic E-state index is 12.0. The minimum absolute atomic E-state index is 0.0423. The van der Waals surface area contributed by atoms with E-state index in [0.29, 0.717) is 6.54 Å². The second kappa shape index (κ2) is 9.81. The van der Waals surface area contributed by atoms with Crippen LogP contribution >= 0.6 is 0 Å². The van der Waals surface area contributed by atoms with E-state index in [1.54, 1.807) is 7.05 Å². The highest BCUT2D eigenvalue weighted by atomic mass is 16.6. The lowest BCUT2D eigenvalue weighted by molar-refractivity contribution is -0.384. The van der Waals surface area contributed by atoms with Crippen molar-refractivity contribution in [2.45, 2.75) is 6.54 Å². The number of rotatable bonds is 8. The zero-order valence-electron chi connectivity index (χ0n) is 15.2. The van der Waals surface area contributed by atoms with Gasteiger partial charge in [0.25, 0.3) is 17.5 Å². The quantitative estimate of drug-likeness (QED) is 0.418. The molecule has 0 radical (unpaired) electrons. The predicted octanol–water partition coefficient (Wildman–Crippen LogP) is 1.53. The first kappa shape index (κ1) is 20.6. The van der Waals surface area contributed by atoms with E-state index in [2.05, 4.69) is 5.32 Å². The average molecular weight is 385 g/mol. The Morgan fingerprint density at radius 1 is 1.11 bits per heavy atom. The molecule has 0 aliphatic rings. The summed E-state index contributed by atoms with van der Waals surface area (Å²) in [6.07, 6.45) is 0. The summed E-state index contributed by atoms with van der Waals surface area (Å²) in [5.74, 6) is -1.84. The molecule has 0 aliphatic carbocycles. The Bertz CT molecular complexity index is 869. The third kappa shape index (κ3) is 6.20. The Morgan fingerprint density at radius 3 is 2.50 bits per heavy atom. The number of nitro benzene ring substituents is 1. The number of carbonyl (C=O) groups is 3. The van der Waals surface area contributed by atoms with Crippen molar-refractivity contribution < 1.29 is 24.0 Å². The van der Waals surface area contributed by atoms with Gasteiger partial charge in [0.2, 0.25) is 0 Å². The molecule has 0 bridgehead atoms. The molecule has 1 N–H and O–H groups in total. The summed E-state index contributed by atoms with van der Waals surface area (Å²) >= 11 is 0. The van der Waals surface area contributed by atoms with Crippen LogP contribution in [-0.4, -0.2) is 47.8 Å². The number of likely N-dealkylation sites (N-methyl/N-ethyl adjacent to an activating group) is 1. The summed E-state index contributed by atoms with van der Waals surface area (Å²) in [5.41, 5.74) is 0.747. The van der Waals surface area contributed by atoms with Crippen LogP contribution in [0.1, 0.15) is 15.9 Å². The van der Waals surface area contributed by atoms with E-state index in [1.807, 2.05) is 30.3 Å². The van der Waals surface area contributed by atoms with Crippen molar-refractivity contribution in [1.29, 1.82) is 0 Å². The summed E-state index contributed by atoms with van der Waals surface area (Å²) in [7, 11) is 1.59. The van der Waals surface area contributed by atoms with Gasteiger partial charge in [0.05, 0.1) is 4.92 Å². The van der Waals surface area contributed by atoms with Gasteiger partial charge in [0, 0.05) is 31.3 Å². The molecule has 0 atom stereocenters. The molecule has 146 valence electrons. The summed E-state index contributed by atoms with van der Waals surface area (Å²) in [5, 5.41) is 13.0. The van der Waals surface area contributed by atoms with Crippen LogP contribution in [0.3, 0.4) is 0 Å². The number of ether oxygens (including phenoxy) is 1. The van der Waals surface area contributed by atoms with Crippen LogP contribution in [0.4, 0.5) is 5.69 Å². The number of esters is 1. The fraction of sp³-hybridized carbons (Fsp3) is 0.211. The van der Waals surface area contributed by atoms with E-state index >= 15 is 0 Å². The lowest BCUT2D eigenvalue weighted by Crippen LogP contribution is -2.34. The number of nitrogens with one attached hydrogen (secondary N) is 1. The first-order valence-electron chi connectivity index (χ1n) is 8.33. The maximum absolute atomic E-state index is 12.0. The molecule has 9 nitrogen and oxygen atoms in total. The number of non-ortho nitro benzene ring substituents is 1. The molecule has 0 aliphatic heterocycles. The van der Waals surface area contributed by atoms with Gasteiger partial charge < -0.3 is 15.0 Å². The zero-order valence-corrected chi connectivity index (χ0v) is 15.2. The summed E-state index contributed by atoms with van der Waals surface area (Å²) < 4.78 is 4.86. The molecule has 0 saturated heterocycles. The van der Waals surface area contributed by atoms with Gasteiger partial charge in [-0.05, 0) is 11.6 Å². The fourth-order valence-electron chi connectivity index (χ4n) is 2.26. The number of nitro groups is 1. The maximum Gasteiger partial charge on any atom is 0.325 e. The smallest absolute Gasteiger partial charge is 0.325 e. The third-order valence-electron chi connectivity index (χ3n) is 3.76. The van der Waals surface area contributed by atoms with Gasteiger partial charge in [0.15, 0.2) is 6.61 Å². The highest BCUT2D eigenvalue weighted by molar-refractivity contribution is 5.96. The summed E-state index contributed by atoms with van der Waals surface area (Å²) in [6, 6.07) is 14.4. The van der Waals surface area contributed by atoms with Crippen LogP contribution < -0.4 is 5.32 Å². The van der Waals surface area contributed by atoms with Crippen molar-refractivity contribution in [2.24, 2.45) is 0 Å². The SMILES string of the molecule is CN(Cc1ccccc1)C(=O)COC(=O)CNC(=O)c1cccc([N+](=O)[O-])c1. The molecule has 2 rings (SSSR count). The Labute approximate surface area is 161 Å². The minimum atomic E-state index is -0.791. The van der Waals surface area contributed by atoms with E-state index in [9.17, 15) is 24.5 Å². The monoisotopic (exact) mass is 385 g/mol. The highest BCUT2D eigenvalue weighted by Crippen LogP contribution is 2.12. The zero-order chi connectivity index (χ0) is 20.5. The third-order valence-corrected chi connectivity index (χ3v) is 3.76. The summed E-state index contributed by atoms with van der Waals surface area (Å²) in [6.45, 7) is -0.535. The second-order valence-electron chi connectivity index (χ2n) is 5.89. The molecule has 0 aromatic heterocycles. The normalized spacial score (nSPS) is 10.0. The molecule has 0 fully saturated rings. The number of carbonyl (C=O) groups excluding carboxylic acids is 3. The largest absolute Gasteiger partial charge is 0.454 e. The number of hydrogen-bond acceptors (Lipinski definition) is 6. The van der Waals surface area contributed by atoms with Crippen molar-refractivity contribution in [3.05, 3.63) is 75.8 Å². The van der Waals surface area contributed by atoms with Crippen LogP contribution in [-0.2, 0) is 20.9 Å². The molecule has 28 heavy (non-hydrogen) atoms. The average Bonchev–Trinajstić information content (AvgIpc) is 2.70. The molecule has 0 heterocycles. The van der Waals surface area contributed by atoms with E-state index in [4.69, 9.17) is 4.74 Å². The van der Waals surface area contributed by atoms with Crippen molar-refractivity contribution in [1.82, 2.24) is 10.2 Å². The minimum Gasteiger partial charge on any atom is -0.454 e. The van der Waals surface area contributed by atoms with Crippen LogP contribution in [0, 0.1) is 10.1 Å². The van der Waals surface area contributed by atoms with E-state index in [0.717, 1.165) is 11.6 Å². The molecule has 9 heteroatoms. The Hall–Kier alpha value is -3.75. The summed E-state index contributed by atoms with van der Waals surface area (Å²) in [4.78, 5) is 47.2. The molecule has 2 amide bonds. The molecule has 0 spiro atoms. The molecule has 0 unspecified atom stereocenters. The van der Waals surface area contributed by atoms with E-state index in [-0.39, 0.29) is 17.2 Å². The standard InChI is InChI=1S/C19H19N3O6/c1-21(12-14-6-3-2-4-7-14)17(23)13-28-18(24)11-20-19(25)15-8-5-9-16(10-15)22(26)27/h2-10H,11-13H2,1H3,(H,20,25). The Morgan fingerprint density at radius 2 is 1.82 bits per heavy atom. The van der Waals surface area contributed by atoms with Crippen LogP contribution in [0.25, 0.3) is 0 Å². The number of hydrogen-bond donors (Lipinski definition) is 1. The van der Waals surface area contributed by atoms with Gasteiger partial charge in [-0.25, -0.2) is 0 Å². The van der Waals surface area contributed by atoms with Crippen molar-refractivity contribution >= 4 is 23.5 Å². The fourth-order valence-corrected chi connectivity index (χ4v) is 2.26. The molecule has 2 aromatic carbocycles. The lowest BCUT2D eigenvalue weighted by Gasteiger charge is -2.17. The molecular formula is C19H19N3O6. The van der Waals surface area contributed by atoms with Crippen LogP contribution in [0.15, 0.2) is 54.6 Å². The Balaban J connectivity index is 1.76. The van der Waals surface area contributed by atoms with Gasteiger partial charge in [-0.2, -0.15) is 0 Å².